The van der Waals surface area contributed by atoms with Gasteiger partial charge in [0.15, 0.2) is 0 Å². The molecule has 0 saturated carbocycles. The number of carbonyl (C=O) groups is 1. The Labute approximate surface area is 160 Å². The summed E-state index contributed by atoms with van der Waals surface area (Å²) < 4.78 is 5.28. The monoisotopic (exact) mass is 363 g/mol. The molecule has 0 bridgehead atoms. The van der Waals surface area contributed by atoms with Crippen LogP contribution in [0.1, 0.15) is 30.9 Å². The molecule has 0 fully saturated rings. The van der Waals surface area contributed by atoms with Crippen molar-refractivity contribution in [2.75, 3.05) is 12.4 Å². The molecule has 1 amide bonds. The fourth-order valence-electron chi connectivity index (χ4n) is 2.59. The topological polar surface area (TPSA) is 74.2 Å². The fourth-order valence-corrected chi connectivity index (χ4v) is 2.59. The van der Waals surface area contributed by atoms with E-state index >= 15 is 0 Å². The lowest BCUT2D eigenvalue weighted by atomic mass is 10.1. The van der Waals surface area contributed by atoms with Crippen LogP contribution in [-0.2, 0) is 17.8 Å². The minimum absolute atomic E-state index is 0.0138. The summed E-state index contributed by atoms with van der Waals surface area (Å²) in [6.45, 7) is 2.61. The minimum atomic E-state index is -0.439. The maximum absolute atomic E-state index is 12.3. The average molecular weight is 363 g/mol. The molecule has 0 heterocycles. The van der Waals surface area contributed by atoms with Crippen LogP contribution in [0.15, 0.2) is 60.3 Å². The van der Waals surface area contributed by atoms with Crippen molar-refractivity contribution in [3.63, 3.8) is 0 Å². The number of nitrogens with one attached hydrogen (secondary N) is 2. The van der Waals surface area contributed by atoms with E-state index in [1.807, 2.05) is 54.6 Å². The van der Waals surface area contributed by atoms with E-state index < -0.39 is 5.91 Å². The van der Waals surface area contributed by atoms with E-state index in [0.717, 1.165) is 30.6 Å². The molecule has 0 aromatic heterocycles. The van der Waals surface area contributed by atoms with Gasteiger partial charge in [0, 0.05) is 24.0 Å². The molecule has 0 atom stereocenters. The Kier molecular flexibility index (Phi) is 7.92. The van der Waals surface area contributed by atoms with Crippen molar-refractivity contribution in [2.45, 2.75) is 32.7 Å². The molecule has 140 valence electrons. The molecular formula is C22H25N3O2. The Morgan fingerprint density at radius 3 is 2.59 bits per heavy atom. The first-order valence-electron chi connectivity index (χ1n) is 9.03. The van der Waals surface area contributed by atoms with Crippen LogP contribution in [0.25, 0.3) is 0 Å². The maximum Gasteiger partial charge on any atom is 0.267 e. The van der Waals surface area contributed by atoms with Crippen molar-refractivity contribution in [3.05, 3.63) is 71.4 Å². The first-order chi connectivity index (χ1) is 13.2. The van der Waals surface area contributed by atoms with E-state index in [-0.39, 0.29) is 5.57 Å². The first kappa shape index (κ1) is 20.1. The molecule has 2 aromatic rings. The Morgan fingerprint density at radius 2 is 1.93 bits per heavy atom. The van der Waals surface area contributed by atoms with Gasteiger partial charge in [0.1, 0.15) is 17.4 Å². The summed E-state index contributed by atoms with van der Waals surface area (Å²) in [4.78, 5) is 12.3. The van der Waals surface area contributed by atoms with Gasteiger partial charge in [-0.2, -0.15) is 5.26 Å². The second-order valence-electron chi connectivity index (χ2n) is 6.12. The predicted octanol–water partition coefficient (Wildman–Crippen LogP) is 4.17. The quantitative estimate of drug-likeness (QED) is 0.518. The molecule has 5 heteroatoms. The highest BCUT2D eigenvalue weighted by molar-refractivity contribution is 6.06. The highest BCUT2D eigenvalue weighted by Gasteiger charge is 2.09. The van der Waals surface area contributed by atoms with Crippen molar-refractivity contribution in [2.24, 2.45) is 0 Å². The summed E-state index contributed by atoms with van der Waals surface area (Å²) in [5, 5.41) is 15.0. The van der Waals surface area contributed by atoms with Crippen LogP contribution < -0.4 is 15.4 Å². The lowest BCUT2D eigenvalue weighted by Gasteiger charge is -2.09. The second-order valence-corrected chi connectivity index (χ2v) is 6.12. The number of nitrogens with zero attached hydrogens (tertiary/aromatic N) is 1. The molecule has 0 aliphatic carbocycles. The van der Waals surface area contributed by atoms with Gasteiger partial charge in [0.2, 0.25) is 0 Å². The lowest BCUT2D eigenvalue weighted by molar-refractivity contribution is -0.112. The van der Waals surface area contributed by atoms with Crippen molar-refractivity contribution < 1.29 is 9.53 Å². The molecule has 5 nitrogen and oxygen atoms in total. The van der Waals surface area contributed by atoms with Crippen LogP contribution in [-0.4, -0.2) is 13.0 Å². The summed E-state index contributed by atoms with van der Waals surface area (Å²) in [6, 6.07) is 17.2. The van der Waals surface area contributed by atoms with Crippen LogP contribution in [0.5, 0.6) is 5.75 Å². The van der Waals surface area contributed by atoms with Gasteiger partial charge >= 0.3 is 0 Å². The minimum Gasteiger partial charge on any atom is -0.496 e. The number of benzene rings is 2. The molecule has 2 rings (SSSR count). The maximum atomic E-state index is 12.3. The number of methoxy groups -OCH3 is 1. The standard InChI is InChI=1S/C22H25N3O2/c1-3-4-7-17-10-12-20(13-11-17)25-22(26)19(14-23)16-24-15-18-8-5-6-9-21(18)27-2/h5-6,8-13,16,24H,3-4,7,15H2,1-2H3,(H,25,26)/b19-16-. The number of aryl methyl sites for hydroxylation is 1. The van der Waals surface area contributed by atoms with Crippen molar-refractivity contribution >= 4 is 11.6 Å². The molecule has 0 aliphatic rings. The predicted molar refractivity (Wildman–Crippen MR) is 107 cm³/mol. The van der Waals surface area contributed by atoms with E-state index in [0.29, 0.717) is 12.2 Å². The Balaban J connectivity index is 1.94. The molecule has 0 saturated heterocycles. The van der Waals surface area contributed by atoms with Crippen LogP contribution in [0, 0.1) is 11.3 Å². The number of unbranched alkanes of at least 4 members (excludes halogenated alkanes) is 1. The number of amides is 1. The Morgan fingerprint density at radius 1 is 1.19 bits per heavy atom. The first-order valence-corrected chi connectivity index (χ1v) is 9.03. The second kappa shape index (κ2) is 10.7. The number of anilines is 1. The number of para-hydroxylation sites is 1. The number of hydrogen-bond donors (Lipinski definition) is 2. The summed E-state index contributed by atoms with van der Waals surface area (Å²) in [5.41, 5.74) is 2.87. The normalized spacial score (nSPS) is 10.8. The molecule has 0 unspecified atom stereocenters. The van der Waals surface area contributed by atoms with Crippen LogP contribution >= 0.6 is 0 Å². The third-order valence-electron chi connectivity index (χ3n) is 4.13. The third kappa shape index (κ3) is 6.19. The van der Waals surface area contributed by atoms with Gasteiger partial charge in [-0.25, -0.2) is 0 Å². The highest BCUT2D eigenvalue weighted by atomic mass is 16.5. The Bertz CT molecular complexity index is 820. The smallest absolute Gasteiger partial charge is 0.267 e. The number of rotatable bonds is 9. The fraction of sp³-hybridized carbons (Fsp3) is 0.273. The largest absolute Gasteiger partial charge is 0.496 e. The van der Waals surface area contributed by atoms with Gasteiger partial charge in [0.05, 0.1) is 7.11 Å². The number of ether oxygens (including phenoxy) is 1. The van der Waals surface area contributed by atoms with Gasteiger partial charge < -0.3 is 15.4 Å². The van der Waals surface area contributed by atoms with E-state index in [2.05, 4.69) is 17.6 Å². The molecule has 0 spiro atoms. The highest BCUT2D eigenvalue weighted by Crippen LogP contribution is 2.17. The van der Waals surface area contributed by atoms with Crippen molar-refractivity contribution in [1.82, 2.24) is 5.32 Å². The van der Waals surface area contributed by atoms with Gasteiger partial charge in [-0.1, -0.05) is 43.7 Å². The SMILES string of the molecule is CCCCc1ccc(NC(=O)/C(C#N)=C\NCc2ccccc2OC)cc1. The number of nitriles is 1. The zero-order valence-corrected chi connectivity index (χ0v) is 15.8. The zero-order chi connectivity index (χ0) is 19.5. The average Bonchev–Trinajstić information content (AvgIpc) is 2.71. The van der Waals surface area contributed by atoms with Crippen LogP contribution in [0.2, 0.25) is 0 Å². The van der Waals surface area contributed by atoms with E-state index in [1.165, 1.54) is 11.8 Å². The van der Waals surface area contributed by atoms with Crippen LogP contribution in [0.4, 0.5) is 5.69 Å². The van der Waals surface area contributed by atoms with Gasteiger partial charge in [-0.3, -0.25) is 4.79 Å². The number of hydrogen-bond acceptors (Lipinski definition) is 4. The van der Waals surface area contributed by atoms with Gasteiger partial charge in [-0.15, -0.1) is 0 Å². The lowest BCUT2D eigenvalue weighted by Crippen LogP contribution is -2.16. The molecule has 2 aromatic carbocycles. The molecule has 0 radical (unpaired) electrons. The van der Waals surface area contributed by atoms with Crippen LogP contribution in [0.3, 0.4) is 0 Å². The summed E-state index contributed by atoms with van der Waals surface area (Å²) in [7, 11) is 1.61. The number of carbonyl (C=O) groups excluding carboxylic acids is 1. The van der Waals surface area contributed by atoms with Crippen molar-refractivity contribution in [3.8, 4) is 11.8 Å². The van der Waals surface area contributed by atoms with Crippen molar-refractivity contribution in [1.29, 1.82) is 5.26 Å². The van der Waals surface area contributed by atoms with E-state index in [1.54, 1.807) is 7.11 Å². The summed E-state index contributed by atoms with van der Waals surface area (Å²) in [5.74, 6) is 0.316. The Hall–Kier alpha value is -3.26. The third-order valence-corrected chi connectivity index (χ3v) is 4.13. The molecule has 27 heavy (non-hydrogen) atoms. The summed E-state index contributed by atoms with van der Waals surface area (Å²) in [6.07, 6.45) is 4.75. The molecule has 2 N–H and O–H groups in total. The molecular weight excluding hydrogens is 338 g/mol. The van der Waals surface area contributed by atoms with Gasteiger partial charge in [0.25, 0.3) is 5.91 Å². The molecule has 0 aliphatic heterocycles. The van der Waals surface area contributed by atoms with E-state index in [9.17, 15) is 10.1 Å². The van der Waals surface area contributed by atoms with E-state index in [4.69, 9.17) is 4.74 Å². The zero-order valence-electron chi connectivity index (χ0n) is 15.8. The van der Waals surface area contributed by atoms with Gasteiger partial charge in [-0.05, 0) is 36.6 Å². The summed E-state index contributed by atoms with van der Waals surface area (Å²) >= 11 is 0.